The summed E-state index contributed by atoms with van der Waals surface area (Å²) < 4.78 is 68.5. The van der Waals surface area contributed by atoms with E-state index in [0.717, 1.165) is 12.1 Å². The number of rotatable bonds is 2. The molecule has 2 nitrogen and oxygen atoms in total. The maximum absolute atomic E-state index is 13.5. The number of nitrogens with two attached hydrogens (primary N) is 1. The predicted octanol–water partition coefficient (Wildman–Crippen LogP) is 2.99. The van der Waals surface area contributed by atoms with Gasteiger partial charge in [-0.15, -0.1) is 0 Å². The minimum absolute atomic E-state index is 0.281. The summed E-state index contributed by atoms with van der Waals surface area (Å²) >= 11 is 0. The van der Waals surface area contributed by atoms with E-state index in [1.54, 1.807) is 0 Å². The van der Waals surface area contributed by atoms with Gasteiger partial charge in [-0.25, -0.2) is 0 Å². The van der Waals surface area contributed by atoms with Crippen molar-refractivity contribution in [1.82, 2.24) is 0 Å². The molecule has 0 amide bonds. The lowest BCUT2D eigenvalue weighted by atomic mass is 9.83. The SMILES string of the molecule is Nc1ccc(OC2(F)CC(F)(F)C2(F)F)cc1. The Kier molecular flexibility index (Phi) is 2.28. The standard InChI is InChI=1S/C10H8F5NO/c11-8(12)5-9(13,10(8,14)15)17-7-3-1-6(16)2-4-7/h1-4H,5,16H2. The highest BCUT2D eigenvalue weighted by Crippen LogP contribution is 2.60. The fourth-order valence-electron chi connectivity index (χ4n) is 1.50. The molecular weight excluding hydrogens is 245 g/mol. The molecule has 17 heavy (non-hydrogen) atoms. The van der Waals surface area contributed by atoms with Crippen LogP contribution < -0.4 is 10.5 Å². The highest BCUT2D eigenvalue weighted by atomic mass is 19.3. The lowest BCUT2D eigenvalue weighted by Crippen LogP contribution is -2.71. The third-order valence-corrected chi connectivity index (χ3v) is 2.54. The molecule has 94 valence electrons. The second kappa shape index (κ2) is 3.24. The van der Waals surface area contributed by atoms with Crippen LogP contribution >= 0.6 is 0 Å². The van der Waals surface area contributed by atoms with Crippen LogP contribution in [-0.4, -0.2) is 17.7 Å². The molecule has 1 atom stereocenters. The zero-order valence-electron chi connectivity index (χ0n) is 8.39. The molecule has 0 saturated heterocycles. The summed E-state index contributed by atoms with van der Waals surface area (Å²) in [6.07, 6.45) is -1.67. The van der Waals surface area contributed by atoms with E-state index < -0.39 is 24.1 Å². The fourth-order valence-corrected chi connectivity index (χ4v) is 1.50. The highest BCUT2D eigenvalue weighted by Gasteiger charge is 2.84. The van der Waals surface area contributed by atoms with Crippen LogP contribution in [0.4, 0.5) is 27.6 Å². The van der Waals surface area contributed by atoms with E-state index in [-0.39, 0.29) is 5.75 Å². The van der Waals surface area contributed by atoms with Crippen LogP contribution in [-0.2, 0) is 0 Å². The summed E-state index contributed by atoms with van der Waals surface area (Å²) in [7, 11) is 0. The normalized spacial score (nSPS) is 29.5. The number of benzene rings is 1. The van der Waals surface area contributed by atoms with Crippen molar-refractivity contribution < 1.29 is 26.7 Å². The van der Waals surface area contributed by atoms with E-state index in [9.17, 15) is 22.0 Å². The Morgan fingerprint density at radius 2 is 1.53 bits per heavy atom. The molecule has 0 spiro atoms. The van der Waals surface area contributed by atoms with Gasteiger partial charge in [-0.3, -0.25) is 0 Å². The number of hydrogen-bond donors (Lipinski definition) is 1. The van der Waals surface area contributed by atoms with Crippen molar-refractivity contribution in [2.24, 2.45) is 0 Å². The van der Waals surface area contributed by atoms with Gasteiger partial charge in [0.15, 0.2) is 0 Å². The Morgan fingerprint density at radius 1 is 1.00 bits per heavy atom. The number of hydrogen-bond acceptors (Lipinski definition) is 2. The van der Waals surface area contributed by atoms with Gasteiger partial charge < -0.3 is 10.5 Å². The average molecular weight is 253 g/mol. The number of alkyl halides is 5. The van der Waals surface area contributed by atoms with Gasteiger partial charge in [0, 0.05) is 5.69 Å². The first-order valence-corrected chi connectivity index (χ1v) is 4.67. The van der Waals surface area contributed by atoms with E-state index in [4.69, 9.17) is 5.73 Å². The molecule has 0 radical (unpaired) electrons. The summed E-state index contributed by atoms with van der Waals surface area (Å²) in [5, 5.41) is 0. The summed E-state index contributed by atoms with van der Waals surface area (Å²) in [6, 6.07) is 4.83. The first-order valence-electron chi connectivity index (χ1n) is 4.67. The molecule has 1 aliphatic rings. The van der Waals surface area contributed by atoms with Crippen molar-refractivity contribution in [1.29, 1.82) is 0 Å². The maximum atomic E-state index is 13.5. The monoisotopic (exact) mass is 253 g/mol. The lowest BCUT2D eigenvalue weighted by Gasteiger charge is -2.47. The van der Waals surface area contributed by atoms with Gasteiger partial charge in [0.1, 0.15) is 5.75 Å². The van der Waals surface area contributed by atoms with Gasteiger partial charge in [0.05, 0.1) is 6.42 Å². The molecule has 1 aliphatic carbocycles. The quantitative estimate of drug-likeness (QED) is 0.649. The summed E-state index contributed by atoms with van der Waals surface area (Å²) in [5.41, 5.74) is 5.63. The largest absolute Gasteiger partial charge is 0.452 e. The van der Waals surface area contributed by atoms with Gasteiger partial charge in [0.25, 0.3) is 0 Å². The topological polar surface area (TPSA) is 35.2 Å². The van der Waals surface area contributed by atoms with Crippen molar-refractivity contribution in [3.8, 4) is 5.75 Å². The van der Waals surface area contributed by atoms with Crippen LogP contribution in [0.15, 0.2) is 24.3 Å². The predicted molar refractivity (Wildman–Crippen MR) is 49.8 cm³/mol. The molecule has 2 rings (SSSR count). The van der Waals surface area contributed by atoms with Crippen molar-refractivity contribution in [2.75, 3.05) is 5.73 Å². The molecular formula is C10H8F5NO. The molecule has 0 aliphatic heterocycles. The Morgan fingerprint density at radius 3 is 1.94 bits per heavy atom. The zero-order chi connectivity index (χ0) is 12.9. The highest BCUT2D eigenvalue weighted by molar-refractivity contribution is 5.42. The first kappa shape index (κ1) is 11.9. The van der Waals surface area contributed by atoms with Gasteiger partial charge >= 0.3 is 17.7 Å². The van der Waals surface area contributed by atoms with Crippen LogP contribution in [0.3, 0.4) is 0 Å². The third kappa shape index (κ3) is 1.60. The average Bonchev–Trinajstić information content (AvgIpc) is 2.20. The molecule has 2 N–H and O–H groups in total. The molecule has 1 aromatic carbocycles. The van der Waals surface area contributed by atoms with E-state index in [1.165, 1.54) is 12.1 Å². The molecule has 1 aromatic rings. The van der Waals surface area contributed by atoms with Crippen molar-refractivity contribution >= 4 is 5.69 Å². The second-order valence-corrected chi connectivity index (χ2v) is 3.86. The Bertz CT molecular complexity index is 433. The number of halogens is 5. The van der Waals surface area contributed by atoms with Crippen LogP contribution in [0.25, 0.3) is 0 Å². The summed E-state index contributed by atoms with van der Waals surface area (Å²) in [6.45, 7) is 0. The van der Waals surface area contributed by atoms with Gasteiger partial charge in [0.2, 0.25) is 0 Å². The van der Waals surface area contributed by atoms with E-state index in [1.807, 2.05) is 0 Å². The molecule has 0 bridgehead atoms. The minimum Gasteiger partial charge on any atom is -0.452 e. The first-order chi connectivity index (χ1) is 7.68. The summed E-state index contributed by atoms with van der Waals surface area (Å²) in [5.74, 6) is -13.2. The maximum Gasteiger partial charge on any atom is 0.378 e. The number of anilines is 1. The van der Waals surface area contributed by atoms with Crippen molar-refractivity contribution in [3.05, 3.63) is 24.3 Å². The Hall–Kier alpha value is -1.53. The Balaban J connectivity index is 2.18. The smallest absolute Gasteiger partial charge is 0.378 e. The van der Waals surface area contributed by atoms with E-state index in [2.05, 4.69) is 4.74 Å². The lowest BCUT2D eigenvalue weighted by molar-refractivity contribution is -0.410. The van der Waals surface area contributed by atoms with Crippen LogP contribution in [0.5, 0.6) is 5.75 Å². The van der Waals surface area contributed by atoms with Crippen molar-refractivity contribution in [3.63, 3.8) is 0 Å². The van der Waals surface area contributed by atoms with Gasteiger partial charge in [-0.05, 0) is 24.3 Å². The van der Waals surface area contributed by atoms with Crippen molar-refractivity contribution in [2.45, 2.75) is 24.1 Å². The molecule has 1 unspecified atom stereocenters. The fraction of sp³-hybridized carbons (Fsp3) is 0.400. The molecule has 7 heteroatoms. The molecule has 1 saturated carbocycles. The van der Waals surface area contributed by atoms with Gasteiger partial charge in [-0.2, -0.15) is 22.0 Å². The molecule has 0 aromatic heterocycles. The van der Waals surface area contributed by atoms with Gasteiger partial charge in [-0.1, -0.05) is 0 Å². The number of nitrogen functional groups attached to an aromatic ring is 1. The third-order valence-electron chi connectivity index (χ3n) is 2.54. The van der Waals surface area contributed by atoms with E-state index in [0.29, 0.717) is 5.69 Å². The van der Waals surface area contributed by atoms with E-state index >= 15 is 0 Å². The Labute approximate surface area is 93.2 Å². The molecule has 0 heterocycles. The number of ether oxygens (including phenoxy) is 1. The zero-order valence-corrected chi connectivity index (χ0v) is 8.39. The van der Waals surface area contributed by atoms with Crippen LogP contribution in [0.2, 0.25) is 0 Å². The van der Waals surface area contributed by atoms with Crippen LogP contribution in [0.1, 0.15) is 6.42 Å². The second-order valence-electron chi connectivity index (χ2n) is 3.86. The van der Waals surface area contributed by atoms with Crippen LogP contribution in [0, 0.1) is 0 Å². The minimum atomic E-state index is -4.83. The summed E-state index contributed by atoms with van der Waals surface area (Å²) in [4.78, 5) is 0. The molecule has 1 fully saturated rings.